The summed E-state index contributed by atoms with van der Waals surface area (Å²) in [6.45, 7) is 1.87. The van der Waals surface area contributed by atoms with Crippen LogP contribution in [0.25, 0.3) is 0 Å². The van der Waals surface area contributed by atoms with Crippen LogP contribution < -0.4 is 10.5 Å². The minimum atomic E-state index is -0.365. The summed E-state index contributed by atoms with van der Waals surface area (Å²) in [6.07, 6.45) is -0.365. The third-order valence-electron chi connectivity index (χ3n) is 2.92. The first kappa shape index (κ1) is 16.9. The number of rotatable bonds is 4. The fraction of sp³-hybridized carbons (Fsp3) is 0.200. The fourth-order valence-electron chi connectivity index (χ4n) is 1.89. The van der Waals surface area contributed by atoms with Gasteiger partial charge in [-0.3, -0.25) is 0 Å². The van der Waals surface area contributed by atoms with Crippen LogP contribution in [0.1, 0.15) is 18.6 Å². The molecule has 0 aliphatic rings. The summed E-state index contributed by atoms with van der Waals surface area (Å²) >= 11 is 21.6. The van der Waals surface area contributed by atoms with Crippen LogP contribution in [-0.2, 0) is 0 Å². The highest BCUT2D eigenvalue weighted by Gasteiger charge is 2.22. The normalized spacial score (nSPS) is 13.8. The van der Waals surface area contributed by atoms with Crippen molar-refractivity contribution in [1.29, 1.82) is 0 Å². The van der Waals surface area contributed by atoms with Crippen molar-refractivity contribution in [2.24, 2.45) is 5.73 Å². The number of benzene rings is 2. The topological polar surface area (TPSA) is 35.2 Å². The van der Waals surface area contributed by atoms with Gasteiger partial charge in [0, 0.05) is 22.1 Å². The molecule has 2 aromatic rings. The minimum Gasteiger partial charge on any atom is -0.482 e. The van der Waals surface area contributed by atoms with E-state index < -0.39 is 0 Å². The smallest absolute Gasteiger partial charge is 0.140 e. The molecule has 0 bridgehead atoms. The zero-order chi connectivity index (χ0) is 15.6. The highest BCUT2D eigenvalue weighted by Crippen LogP contribution is 2.37. The quantitative estimate of drug-likeness (QED) is 0.640. The first-order valence-electron chi connectivity index (χ1n) is 6.21. The van der Waals surface area contributed by atoms with Gasteiger partial charge in [0.2, 0.25) is 0 Å². The van der Waals surface area contributed by atoms with Crippen molar-refractivity contribution in [2.45, 2.75) is 19.1 Å². The Morgan fingerprint density at radius 3 is 2.29 bits per heavy atom. The van der Waals surface area contributed by atoms with Crippen molar-refractivity contribution in [3.05, 3.63) is 61.5 Å². The molecule has 2 unspecified atom stereocenters. The maximum Gasteiger partial charge on any atom is 0.140 e. The molecule has 0 saturated carbocycles. The van der Waals surface area contributed by atoms with Gasteiger partial charge in [0.15, 0.2) is 0 Å². The van der Waals surface area contributed by atoms with Gasteiger partial charge in [-0.05, 0) is 19.1 Å². The van der Waals surface area contributed by atoms with Gasteiger partial charge in [0.05, 0.1) is 15.1 Å². The summed E-state index contributed by atoms with van der Waals surface area (Å²) in [5.41, 5.74) is 6.99. The Hall–Kier alpha value is -0.450. The summed E-state index contributed by atoms with van der Waals surface area (Å²) in [4.78, 5) is 0. The summed E-state index contributed by atoms with van der Waals surface area (Å²) in [6, 6.07) is 10.6. The maximum absolute atomic E-state index is 6.16. The molecule has 0 spiro atoms. The molecule has 0 fully saturated rings. The molecule has 2 N–H and O–H groups in total. The number of hydrogen-bond acceptors (Lipinski definition) is 2. The van der Waals surface area contributed by atoms with Gasteiger partial charge in [-0.1, -0.05) is 68.9 Å². The molecule has 0 heterocycles. The Labute approximate surface area is 147 Å². The molecule has 2 atom stereocenters. The Balaban J connectivity index is 2.38. The van der Waals surface area contributed by atoms with Crippen molar-refractivity contribution in [2.75, 3.05) is 0 Å². The summed E-state index contributed by atoms with van der Waals surface area (Å²) in [5.74, 6) is 0.448. The predicted molar refractivity (Wildman–Crippen MR) is 92.6 cm³/mol. The van der Waals surface area contributed by atoms with Gasteiger partial charge in [0.25, 0.3) is 0 Å². The van der Waals surface area contributed by atoms with E-state index >= 15 is 0 Å². The largest absolute Gasteiger partial charge is 0.482 e. The van der Waals surface area contributed by atoms with Gasteiger partial charge in [-0.2, -0.15) is 0 Å². The van der Waals surface area contributed by atoms with Gasteiger partial charge >= 0.3 is 0 Å². The average Bonchev–Trinajstić information content (AvgIpc) is 2.42. The second-order valence-electron chi connectivity index (χ2n) is 4.62. The van der Waals surface area contributed by atoms with E-state index in [9.17, 15) is 0 Å². The fourth-order valence-corrected chi connectivity index (χ4v) is 2.98. The SMILES string of the molecule is CC(N)C(Oc1cc(Cl)c(Cl)cc1Cl)c1ccccc1Br. The first-order chi connectivity index (χ1) is 9.90. The minimum absolute atomic E-state index is 0.241. The summed E-state index contributed by atoms with van der Waals surface area (Å²) in [7, 11) is 0. The van der Waals surface area contributed by atoms with E-state index in [0.29, 0.717) is 20.8 Å². The van der Waals surface area contributed by atoms with Crippen molar-refractivity contribution in [3.63, 3.8) is 0 Å². The van der Waals surface area contributed by atoms with Gasteiger partial charge in [-0.25, -0.2) is 0 Å². The number of ether oxygens (including phenoxy) is 1. The molecule has 0 aromatic heterocycles. The lowest BCUT2D eigenvalue weighted by Gasteiger charge is -2.24. The molecule has 0 saturated heterocycles. The molecule has 0 radical (unpaired) electrons. The molecule has 2 rings (SSSR count). The summed E-state index contributed by atoms with van der Waals surface area (Å²) < 4.78 is 6.90. The van der Waals surface area contributed by atoms with Crippen LogP contribution >= 0.6 is 50.7 Å². The average molecular weight is 410 g/mol. The summed E-state index contributed by atoms with van der Waals surface area (Å²) in [5, 5.41) is 1.15. The second-order valence-corrected chi connectivity index (χ2v) is 6.69. The monoisotopic (exact) mass is 407 g/mol. The van der Waals surface area contributed by atoms with Crippen molar-refractivity contribution in [3.8, 4) is 5.75 Å². The van der Waals surface area contributed by atoms with Gasteiger partial charge in [0.1, 0.15) is 11.9 Å². The van der Waals surface area contributed by atoms with Crippen molar-refractivity contribution >= 4 is 50.7 Å². The van der Waals surface area contributed by atoms with E-state index in [-0.39, 0.29) is 12.1 Å². The van der Waals surface area contributed by atoms with Crippen LogP contribution in [0.5, 0.6) is 5.75 Å². The molecular formula is C15H13BrCl3NO. The molecule has 0 aliphatic carbocycles. The van der Waals surface area contributed by atoms with E-state index in [2.05, 4.69) is 15.9 Å². The lowest BCUT2D eigenvalue weighted by Crippen LogP contribution is -2.29. The third-order valence-corrected chi connectivity index (χ3v) is 4.66. The molecule has 112 valence electrons. The molecule has 21 heavy (non-hydrogen) atoms. The second kappa shape index (κ2) is 7.21. The number of hydrogen-bond donors (Lipinski definition) is 1. The van der Waals surface area contributed by atoms with E-state index in [4.69, 9.17) is 45.3 Å². The molecule has 0 aliphatic heterocycles. The van der Waals surface area contributed by atoms with Crippen LogP contribution in [0, 0.1) is 0 Å². The van der Waals surface area contributed by atoms with Gasteiger partial charge in [-0.15, -0.1) is 0 Å². The maximum atomic E-state index is 6.16. The van der Waals surface area contributed by atoms with Crippen molar-refractivity contribution < 1.29 is 4.74 Å². The zero-order valence-electron chi connectivity index (χ0n) is 11.1. The third kappa shape index (κ3) is 4.05. The first-order valence-corrected chi connectivity index (χ1v) is 8.14. The zero-order valence-corrected chi connectivity index (χ0v) is 15.0. The molecule has 2 nitrogen and oxygen atoms in total. The molecular weight excluding hydrogens is 396 g/mol. The highest BCUT2D eigenvalue weighted by atomic mass is 79.9. The van der Waals surface area contributed by atoms with Crippen LogP contribution in [0.3, 0.4) is 0 Å². The van der Waals surface area contributed by atoms with E-state index in [0.717, 1.165) is 10.0 Å². The Kier molecular flexibility index (Phi) is 5.81. The highest BCUT2D eigenvalue weighted by molar-refractivity contribution is 9.10. The van der Waals surface area contributed by atoms with E-state index in [1.807, 2.05) is 31.2 Å². The van der Waals surface area contributed by atoms with Crippen LogP contribution in [0.4, 0.5) is 0 Å². The Morgan fingerprint density at radius 1 is 1.05 bits per heavy atom. The van der Waals surface area contributed by atoms with E-state index in [1.54, 1.807) is 12.1 Å². The van der Waals surface area contributed by atoms with E-state index in [1.165, 1.54) is 0 Å². The standard InChI is InChI=1S/C15H13BrCl3NO/c1-8(20)15(9-4-2-3-5-10(9)16)21-14-7-12(18)11(17)6-13(14)19/h2-8,15H,20H2,1H3. The van der Waals surface area contributed by atoms with Crippen molar-refractivity contribution in [1.82, 2.24) is 0 Å². The Morgan fingerprint density at radius 2 is 1.67 bits per heavy atom. The lowest BCUT2D eigenvalue weighted by molar-refractivity contribution is 0.180. The van der Waals surface area contributed by atoms with Crippen LogP contribution in [0.15, 0.2) is 40.9 Å². The van der Waals surface area contributed by atoms with Crippen LogP contribution in [-0.4, -0.2) is 6.04 Å². The molecule has 0 amide bonds. The number of nitrogens with two attached hydrogens (primary N) is 1. The van der Waals surface area contributed by atoms with Crippen LogP contribution in [0.2, 0.25) is 15.1 Å². The Bertz CT molecular complexity index is 649. The molecule has 6 heteroatoms. The molecule has 2 aromatic carbocycles. The lowest BCUT2D eigenvalue weighted by atomic mass is 10.0. The predicted octanol–water partition coefficient (Wildman–Crippen LogP) is 5.88. The van der Waals surface area contributed by atoms with Gasteiger partial charge < -0.3 is 10.5 Å². The number of halogens is 4.